The Morgan fingerprint density at radius 3 is 3.05 bits per heavy atom. The van der Waals surface area contributed by atoms with E-state index in [1.54, 1.807) is 22.9 Å². The molecule has 0 aromatic carbocycles. The Labute approximate surface area is 128 Å². The molecule has 0 unspecified atom stereocenters. The van der Waals surface area contributed by atoms with Crippen molar-refractivity contribution in [1.29, 1.82) is 0 Å². The van der Waals surface area contributed by atoms with Crippen molar-refractivity contribution in [3.05, 3.63) is 45.7 Å². The van der Waals surface area contributed by atoms with E-state index in [4.69, 9.17) is 11.6 Å². The Morgan fingerprint density at radius 1 is 1.38 bits per heavy atom. The van der Waals surface area contributed by atoms with Crippen LogP contribution in [0.5, 0.6) is 0 Å². The highest BCUT2D eigenvalue weighted by molar-refractivity contribution is 7.85. The summed E-state index contributed by atoms with van der Waals surface area (Å²) in [5.41, 5.74) is 0.682. The number of aryl methyl sites for hydroxylation is 1. The first-order chi connectivity index (χ1) is 10.1. The van der Waals surface area contributed by atoms with Gasteiger partial charge in [-0.05, 0) is 17.7 Å². The fraction of sp³-hybridized carbons (Fsp3) is 0.308. The van der Waals surface area contributed by atoms with Crippen LogP contribution in [0.2, 0.25) is 5.28 Å². The lowest BCUT2D eigenvalue weighted by Crippen LogP contribution is -2.22. The van der Waals surface area contributed by atoms with E-state index in [9.17, 15) is 9.00 Å². The number of rotatable bonds is 4. The van der Waals surface area contributed by atoms with Gasteiger partial charge in [0.05, 0.1) is 16.5 Å². The lowest BCUT2D eigenvalue weighted by Gasteiger charge is -2.10. The number of halogens is 1. The third-order valence-electron chi connectivity index (χ3n) is 3.20. The van der Waals surface area contributed by atoms with Crippen molar-refractivity contribution in [1.82, 2.24) is 14.5 Å². The van der Waals surface area contributed by atoms with E-state index in [0.717, 1.165) is 5.69 Å². The lowest BCUT2D eigenvalue weighted by atomic mass is 10.3. The highest BCUT2D eigenvalue weighted by Gasteiger charge is 2.25. The van der Waals surface area contributed by atoms with Gasteiger partial charge in [0, 0.05) is 37.5 Å². The maximum Gasteiger partial charge on any atom is 0.250 e. The maximum atomic E-state index is 12.0. The molecule has 0 radical (unpaired) electrons. The average molecular weight is 325 g/mol. The molecule has 1 N–H and O–H groups in total. The number of nitrogens with one attached hydrogen (secondary N) is 1. The van der Waals surface area contributed by atoms with Crippen molar-refractivity contribution in [3.8, 4) is 0 Å². The first-order valence-electron chi connectivity index (χ1n) is 6.49. The largest absolute Gasteiger partial charge is 0.367 e. The van der Waals surface area contributed by atoms with Crippen molar-refractivity contribution >= 4 is 28.2 Å². The summed E-state index contributed by atoms with van der Waals surface area (Å²) in [5.74, 6) is 1.06. The highest BCUT2D eigenvalue weighted by Crippen LogP contribution is 2.28. The molecule has 0 aliphatic carbocycles. The number of anilines is 1. The molecule has 3 heterocycles. The minimum atomic E-state index is -1.08. The molecule has 110 valence electrons. The van der Waals surface area contributed by atoms with E-state index in [1.807, 2.05) is 0 Å². The van der Waals surface area contributed by atoms with Crippen molar-refractivity contribution < 1.29 is 4.21 Å². The summed E-state index contributed by atoms with van der Waals surface area (Å²) < 4.78 is 13.6. The molecule has 21 heavy (non-hydrogen) atoms. The van der Waals surface area contributed by atoms with Crippen LogP contribution in [0.25, 0.3) is 0 Å². The molecule has 1 aliphatic rings. The Kier molecular flexibility index (Phi) is 4.03. The molecule has 1 aliphatic heterocycles. The Bertz CT molecular complexity index is 762. The van der Waals surface area contributed by atoms with Gasteiger partial charge in [0.15, 0.2) is 0 Å². The van der Waals surface area contributed by atoms with Crippen LogP contribution in [0.3, 0.4) is 0 Å². The molecule has 0 bridgehead atoms. The van der Waals surface area contributed by atoms with E-state index < -0.39 is 10.8 Å². The Balaban J connectivity index is 1.76. The second-order valence-corrected chi connectivity index (χ2v) is 6.42. The summed E-state index contributed by atoms with van der Waals surface area (Å²) in [5, 5.41) is 3.25. The fourth-order valence-electron chi connectivity index (χ4n) is 2.23. The Hall–Kier alpha value is -1.73. The summed E-state index contributed by atoms with van der Waals surface area (Å²) in [6.07, 6.45) is 2.37. The van der Waals surface area contributed by atoms with Crippen molar-refractivity contribution in [3.63, 3.8) is 0 Å². The SMILES string of the molecule is O=c1ccccn1CCNc1nc(Cl)nc2c1[S@](=O)CC2. The normalized spacial score (nSPS) is 16.7. The molecular formula is C13H13ClN4O2S. The topological polar surface area (TPSA) is 76.9 Å². The van der Waals surface area contributed by atoms with Crippen LogP contribution in [-0.4, -0.2) is 31.0 Å². The summed E-state index contributed by atoms with van der Waals surface area (Å²) in [6.45, 7) is 0.976. The van der Waals surface area contributed by atoms with E-state index in [2.05, 4.69) is 15.3 Å². The smallest absolute Gasteiger partial charge is 0.250 e. The molecule has 2 aromatic heterocycles. The van der Waals surface area contributed by atoms with Crippen LogP contribution in [0, 0.1) is 0 Å². The molecule has 6 nitrogen and oxygen atoms in total. The van der Waals surface area contributed by atoms with Crippen LogP contribution in [-0.2, 0) is 23.8 Å². The van der Waals surface area contributed by atoms with Gasteiger partial charge in [0.25, 0.3) is 5.56 Å². The minimum absolute atomic E-state index is 0.0613. The van der Waals surface area contributed by atoms with E-state index >= 15 is 0 Å². The number of pyridine rings is 1. The third kappa shape index (κ3) is 2.98. The molecule has 3 rings (SSSR count). The van der Waals surface area contributed by atoms with E-state index in [1.165, 1.54) is 6.07 Å². The lowest BCUT2D eigenvalue weighted by molar-refractivity contribution is 0.684. The second-order valence-electron chi connectivity index (χ2n) is 4.58. The highest BCUT2D eigenvalue weighted by atomic mass is 35.5. The summed E-state index contributed by atoms with van der Waals surface area (Å²) in [7, 11) is -1.08. The number of hydrogen-bond acceptors (Lipinski definition) is 5. The summed E-state index contributed by atoms with van der Waals surface area (Å²) in [4.78, 5) is 20.5. The molecule has 1 atom stereocenters. The van der Waals surface area contributed by atoms with Crippen LogP contribution < -0.4 is 10.9 Å². The summed E-state index contributed by atoms with van der Waals surface area (Å²) >= 11 is 5.88. The van der Waals surface area contributed by atoms with Gasteiger partial charge in [-0.15, -0.1) is 0 Å². The van der Waals surface area contributed by atoms with Gasteiger partial charge in [-0.3, -0.25) is 9.00 Å². The second kappa shape index (κ2) is 5.95. The molecule has 0 saturated carbocycles. The molecule has 0 amide bonds. The zero-order valence-electron chi connectivity index (χ0n) is 11.1. The van der Waals surface area contributed by atoms with Gasteiger partial charge in [-0.25, -0.2) is 4.98 Å². The summed E-state index contributed by atoms with van der Waals surface area (Å²) in [6, 6.07) is 5.01. The van der Waals surface area contributed by atoms with Crippen LogP contribution in [0.1, 0.15) is 5.69 Å². The molecule has 8 heteroatoms. The van der Waals surface area contributed by atoms with Crippen LogP contribution in [0.15, 0.2) is 34.1 Å². The number of hydrogen-bond donors (Lipinski definition) is 1. The zero-order valence-corrected chi connectivity index (χ0v) is 12.7. The number of nitrogens with zero attached hydrogens (tertiary/aromatic N) is 3. The monoisotopic (exact) mass is 324 g/mol. The van der Waals surface area contributed by atoms with E-state index in [-0.39, 0.29) is 10.8 Å². The van der Waals surface area contributed by atoms with Gasteiger partial charge in [0.1, 0.15) is 10.7 Å². The average Bonchev–Trinajstić information content (AvgIpc) is 2.82. The maximum absolute atomic E-state index is 12.0. The number of fused-ring (bicyclic) bond motifs is 1. The third-order valence-corrected chi connectivity index (χ3v) is 4.83. The molecule has 0 saturated heterocycles. The van der Waals surface area contributed by atoms with Gasteiger partial charge in [-0.2, -0.15) is 4.98 Å². The molecular weight excluding hydrogens is 312 g/mol. The predicted octanol–water partition coefficient (Wildman–Crippen LogP) is 1.07. The quantitative estimate of drug-likeness (QED) is 0.851. The van der Waals surface area contributed by atoms with Gasteiger partial charge >= 0.3 is 0 Å². The van der Waals surface area contributed by atoms with Gasteiger partial charge in [0.2, 0.25) is 5.28 Å². The van der Waals surface area contributed by atoms with Gasteiger partial charge < -0.3 is 9.88 Å². The predicted molar refractivity (Wildman–Crippen MR) is 81.2 cm³/mol. The van der Waals surface area contributed by atoms with Crippen molar-refractivity contribution in [2.45, 2.75) is 17.9 Å². The van der Waals surface area contributed by atoms with E-state index in [0.29, 0.717) is 36.0 Å². The fourth-order valence-corrected chi connectivity index (χ4v) is 3.74. The Morgan fingerprint density at radius 2 is 2.24 bits per heavy atom. The zero-order chi connectivity index (χ0) is 14.8. The molecule has 0 spiro atoms. The number of aromatic nitrogens is 3. The van der Waals surface area contributed by atoms with Crippen LogP contribution >= 0.6 is 11.6 Å². The first-order valence-corrected chi connectivity index (χ1v) is 8.19. The van der Waals surface area contributed by atoms with Crippen LogP contribution in [0.4, 0.5) is 5.82 Å². The first kappa shape index (κ1) is 14.2. The van der Waals surface area contributed by atoms with Gasteiger partial charge in [-0.1, -0.05) is 6.07 Å². The molecule has 0 fully saturated rings. The van der Waals surface area contributed by atoms with Crippen molar-refractivity contribution in [2.24, 2.45) is 0 Å². The standard InChI is InChI=1S/C13H13ClN4O2S/c14-13-16-9-4-8-21(20)11(9)12(17-13)15-5-7-18-6-2-1-3-10(18)19/h1-3,6H,4-5,7-8H2,(H,15,16,17)/t21-/m1/s1. The minimum Gasteiger partial charge on any atom is -0.367 e. The van der Waals surface area contributed by atoms with Crippen molar-refractivity contribution in [2.75, 3.05) is 17.6 Å². The molecule has 2 aromatic rings.